The zero-order valence-corrected chi connectivity index (χ0v) is 15.4. The minimum atomic E-state index is -0.560. The van der Waals surface area contributed by atoms with Crippen molar-refractivity contribution in [2.75, 3.05) is 13.7 Å². The minimum absolute atomic E-state index is 0.0102. The summed E-state index contributed by atoms with van der Waals surface area (Å²) >= 11 is 0. The maximum absolute atomic E-state index is 13.3. The van der Waals surface area contributed by atoms with Crippen molar-refractivity contribution < 1.29 is 14.3 Å². The van der Waals surface area contributed by atoms with Crippen LogP contribution in [0.2, 0.25) is 0 Å². The zero-order chi connectivity index (χ0) is 18.8. The van der Waals surface area contributed by atoms with E-state index >= 15 is 0 Å². The van der Waals surface area contributed by atoms with Crippen LogP contribution in [0.4, 0.5) is 0 Å². The second-order valence-corrected chi connectivity index (χ2v) is 7.27. The van der Waals surface area contributed by atoms with Crippen molar-refractivity contribution in [3.05, 3.63) is 71.8 Å². The lowest BCUT2D eigenvalue weighted by Crippen LogP contribution is -2.61. The van der Waals surface area contributed by atoms with Crippen LogP contribution in [-0.4, -0.2) is 48.6 Å². The lowest BCUT2D eigenvalue weighted by molar-refractivity contribution is -0.154. The second kappa shape index (κ2) is 7.53. The molecule has 0 aromatic heterocycles. The average molecular weight is 364 g/mol. The van der Waals surface area contributed by atoms with E-state index in [2.05, 4.69) is 5.32 Å². The first-order valence-corrected chi connectivity index (χ1v) is 9.41. The molecule has 2 aliphatic rings. The Bertz CT molecular complexity index is 809. The third-order valence-corrected chi connectivity index (χ3v) is 5.71. The molecular weight excluding hydrogens is 340 g/mol. The van der Waals surface area contributed by atoms with Crippen LogP contribution in [0.3, 0.4) is 0 Å². The zero-order valence-electron chi connectivity index (χ0n) is 15.4. The number of methoxy groups -OCH3 is 1. The number of piperazine rings is 1. The fourth-order valence-electron chi connectivity index (χ4n) is 4.43. The number of nitrogens with zero attached hydrogens (tertiary/aromatic N) is 1. The van der Waals surface area contributed by atoms with Crippen molar-refractivity contribution in [3.63, 3.8) is 0 Å². The number of amides is 1. The van der Waals surface area contributed by atoms with E-state index in [1.54, 1.807) is 4.90 Å². The van der Waals surface area contributed by atoms with Crippen LogP contribution in [-0.2, 0) is 20.7 Å². The van der Waals surface area contributed by atoms with Crippen LogP contribution < -0.4 is 5.32 Å². The fourth-order valence-corrected chi connectivity index (χ4v) is 4.43. The molecule has 140 valence electrons. The Morgan fingerprint density at radius 2 is 1.78 bits per heavy atom. The third-order valence-electron chi connectivity index (χ3n) is 5.71. The quantitative estimate of drug-likeness (QED) is 0.845. The number of benzene rings is 2. The van der Waals surface area contributed by atoms with Crippen molar-refractivity contribution in [1.82, 2.24) is 10.2 Å². The molecule has 1 amide bonds. The number of nitrogens with one attached hydrogen (secondary N) is 1. The molecule has 2 aromatic rings. The Morgan fingerprint density at radius 3 is 2.44 bits per heavy atom. The highest BCUT2D eigenvalue weighted by Gasteiger charge is 2.51. The Balaban J connectivity index is 1.61. The largest absolute Gasteiger partial charge is 0.467 e. The van der Waals surface area contributed by atoms with Gasteiger partial charge in [0, 0.05) is 18.5 Å². The standard InChI is InChI=1S/C22H24N2O3/c1-27-22(26)20-18(16-10-6-3-7-11-16)13-17-14-23-19(21(25)24(17)20)12-15-8-4-2-5-9-15/h2-11,17-20,23H,12-14H2,1H3/t17-,18-,19+,20+/m1/s1. The average Bonchev–Trinajstić information content (AvgIpc) is 3.11. The fraction of sp³-hybridized carbons (Fsp3) is 0.364. The molecule has 27 heavy (non-hydrogen) atoms. The molecule has 2 aromatic carbocycles. The van der Waals surface area contributed by atoms with Gasteiger partial charge in [-0.3, -0.25) is 4.79 Å². The van der Waals surface area contributed by atoms with E-state index in [4.69, 9.17) is 4.74 Å². The number of rotatable bonds is 4. The Kier molecular flexibility index (Phi) is 4.94. The molecule has 5 heteroatoms. The lowest BCUT2D eigenvalue weighted by atomic mass is 9.90. The Morgan fingerprint density at radius 1 is 1.11 bits per heavy atom. The van der Waals surface area contributed by atoms with E-state index < -0.39 is 6.04 Å². The molecule has 0 saturated carbocycles. The van der Waals surface area contributed by atoms with E-state index in [1.807, 2.05) is 60.7 Å². The number of ether oxygens (including phenoxy) is 1. The van der Waals surface area contributed by atoms with Gasteiger partial charge < -0.3 is 15.0 Å². The number of carbonyl (C=O) groups excluding carboxylic acids is 2. The normalized spacial score (nSPS) is 27.3. The van der Waals surface area contributed by atoms with Crippen LogP contribution in [0.5, 0.6) is 0 Å². The van der Waals surface area contributed by atoms with Gasteiger partial charge in [-0.2, -0.15) is 0 Å². The Labute approximate surface area is 159 Å². The molecule has 1 N–H and O–H groups in total. The number of carbonyl (C=O) groups is 2. The van der Waals surface area contributed by atoms with E-state index in [9.17, 15) is 9.59 Å². The van der Waals surface area contributed by atoms with Crippen molar-refractivity contribution in [1.29, 1.82) is 0 Å². The number of hydrogen-bond acceptors (Lipinski definition) is 4. The summed E-state index contributed by atoms with van der Waals surface area (Å²) in [5, 5.41) is 3.39. The molecule has 2 saturated heterocycles. The summed E-state index contributed by atoms with van der Waals surface area (Å²) in [7, 11) is 1.39. The van der Waals surface area contributed by atoms with E-state index in [0.29, 0.717) is 13.0 Å². The van der Waals surface area contributed by atoms with E-state index in [0.717, 1.165) is 17.5 Å². The van der Waals surface area contributed by atoms with Gasteiger partial charge in [-0.15, -0.1) is 0 Å². The molecule has 0 bridgehead atoms. The van der Waals surface area contributed by atoms with Gasteiger partial charge in [0.15, 0.2) is 0 Å². The summed E-state index contributed by atoms with van der Waals surface area (Å²) in [5.74, 6) is -0.381. The number of esters is 1. The highest BCUT2D eigenvalue weighted by molar-refractivity contribution is 5.90. The van der Waals surface area contributed by atoms with Crippen molar-refractivity contribution >= 4 is 11.9 Å². The van der Waals surface area contributed by atoms with Crippen molar-refractivity contribution in [2.45, 2.75) is 36.9 Å². The number of hydrogen-bond donors (Lipinski definition) is 1. The predicted octanol–water partition coefficient (Wildman–Crippen LogP) is 2.13. The Hall–Kier alpha value is -2.66. The molecule has 2 aliphatic heterocycles. The molecular formula is C22H24N2O3. The first-order chi connectivity index (χ1) is 13.2. The van der Waals surface area contributed by atoms with Gasteiger partial charge in [-0.25, -0.2) is 4.79 Å². The van der Waals surface area contributed by atoms with Gasteiger partial charge in [-0.1, -0.05) is 60.7 Å². The summed E-state index contributed by atoms with van der Waals surface area (Å²) in [6.07, 6.45) is 1.38. The molecule has 2 fully saturated rings. The monoisotopic (exact) mass is 364 g/mol. The maximum atomic E-state index is 13.3. The molecule has 0 spiro atoms. The second-order valence-electron chi connectivity index (χ2n) is 7.27. The van der Waals surface area contributed by atoms with Crippen LogP contribution in [0, 0.1) is 0 Å². The first kappa shape index (κ1) is 17.7. The molecule has 0 radical (unpaired) electrons. The molecule has 4 rings (SSSR count). The highest BCUT2D eigenvalue weighted by atomic mass is 16.5. The van der Waals surface area contributed by atoms with Gasteiger partial charge in [0.2, 0.25) is 5.91 Å². The van der Waals surface area contributed by atoms with Crippen LogP contribution in [0.1, 0.15) is 23.5 Å². The van der Waals surface area contributed by atoms with Gasteiger partial charge in [0.1, 0.15) is 6.04 Å². The lowest BCUT2D eigenvalue weighted by Gasteiger charge is -2.38. The van der Waals surface area contributed by atoms with E-state index in [-0.39, 0.29) is 29.9 Å². The van der Waals surface area contributed by atoms with Crippen molar-refractivity contribution in [3.8, 4) is 0 Å². The van der Waals surface area contributed by atoms with Crippen LogP contribution >= 0.6 is 0 Å². The molecule has 2 heterocycles. The topological polar surface area (TPSA) is 58.6 Å². The summed E-state index contributed by atoms with van der Waals surface area (Å²) in [6, 6.07) is 19.1. The molecule has 0 unspecified atom stereocenters. The number of fused-ring (bicyclic) bond motifs is 1. The van der Waals surface area contributed by atoms with Gasteiger partial charge in [-0.05, 0) is 24.0 Å². The third kappa shape index (κ3) is 3.35. The molecule has 5 nitrogen and oxygen atoms in total. The minimum Gasteiger partial charge on any atom is -0.467 e. The van der Waals surface area contributed by atoms with Crippen LogP contribution in [0.25, 0.3) is 0 Å². The summed E-state index contributed by atoms with van der Waals surface area (Å²) in [6.45, 7) is 0.695. The maximum Gasteiger partial charge on any atom is 0.329 e. The SMILES string of the molecule is COC(=O)[C@@H]1[C@@H](c2ccccc2)C[C@@H]2CN[C@@H](Cc3ccccc3)C(=O)N21. The molecule has 0 aliphatic carbocycles. The molecule has 4 atom stereocenters. The highest BCUT2D eigenvalue weighted by Crippen LogP contribution is 2.39. The summed E-state index contributed by atoms with van der Waals surface area (Å²) in [4.78, 5) is 27.7. The van der Waals surface area contributed by atoms with Gasteiger partial charge in [0.05, 0.1) is 13.2 Å². The van der Waals surface area contributed by atoms with Crippen molar-refractivity contribution in [2.24, 2.45) is 0 Å². The summed E-state index contributed by atoms with van der Waals surface area (Å²) < 4.78 is 5.08. The van der Waals surface area contributed by atoms with Gasteiger partial charge in [0.25, 0.3) is 0 Å². The smallest absolute Gasteiger partial charge is 0.329 e. The summed E-state index contributed by atoms with van der Waals surface area (Å²) in [5.41, 5.74) is 2.19. The van der Waals surface area contributed by atoms with Crippen LogP contribution in [0.15, 0.2) is 60.7 Å². The van der Waals surface area contributed by atoms with Gasteiger partial charge >= 0.3 is 5.97 Å². The first-order valence-electron chi connectivity index (χ1n) is 9.41. The predicted molar refractivity (Wildman–Crippen MR) is 102 cm³/mol. The van der Waals surface area contributed by atoms with E-state index in [1.165, 1.54) is 7.11 Å².